The van der Waals surface area contributed by atoms with E-state index in [4.69, 9.17) is 11.6 Å². The average molecular weight is 412 g/mol. The molecule has 3 aromatic heterocycles. The van der Waals surface area contributed by atoms with Gasteiger partial charge in [-0.2, -0.15) is 9.61 Å². The summed E-state index contributed by atoms with van der Waals surface area (Å²) >= 11 is 7.33. The summed E-state index contributed by atoms with van der Waals surface area (Å²) in [5.41, 5.74) is 3.03. The van der Waals surface area contributed by atoms with Crippen LogP contribution in [0.1, 0.15) is 5.69 Å². The van der Waals surface area contributed by atoms with Crippen LogP contribution in [0.2, 0.25) is 5.02 Å². The topological polar surface area (TPSA) is 73.8 Å². The molecule has 2 aromatic carbocycles. The lowest BCUT2D eigenvalue weighted by atomic mass is 10.2. The molecule has 10 heteroatoms. The standard InChI is InChI=1S/C18H11ClFN7S/c1-10-15(21-25-26(10)14-8-4-12(19)5-9-14)16-22-23-18-27(16)24-17(28-18)11-2-6-13(20)7-3-11/h2-9H,1H3. The van der Waals surface area contributed by atoms with E-state index in [0.717, 1.165) is 16.9 Å². The lowest BCUT2D eigenvalue weighted by Crippen LogP contribution is -1.99. The van der Waals surface area contributed by atoms with E-state index >= 15 is 0 Å². The minimum Gasteiger partial charge on any atom is -0.217 e. The van der Waals surface area contributed by atoms with Crippen molar-refractivity contribution in [2.24, 2.45) is 0 Å². The Morgan fingerprint density at radius 2 is 1.71 bits per heavy atom. The molecule has 0 atom stereocenters. The predicted molar refractivity (Wildman–Crippen MR) is 104 cm³/mol. The number of fused-ring (bicyclic) bond motifs is 1. The first-order chi connectivity index (χ1) is 13.6. The van der Waals surface area contributed by atoms with E-state index in [1.54, 1.807) is 33.5 Å². The van der Waals surface area contributed by atoms with Gasteiger partial charge in [-0.1, -0.05) is 28.2 Å². The number of nitrogens with zero attached hydrogens (tertiary/aromatic N) is 7. The molecule has 0 radical (unpaired) electrons. The van der Waals surface area contributed by atoms with Crippen molar-refractivity contribution in [3.8, 4) is 27.8 Å². The van der Waals surface area contributed by atoms with Gasteiger partial charge in [-0.15, -0.1) is 15.3 Å². The van der Waals surface area contributed by atoms with Crippen LogP contribution in [0, 0.1) is 12.7 Å². The summed E-state index contributed by atoms with van der Waals surface area (Å²) in [5.74, 6) is 0.208. The number of hydrogen-bond donors (Lipinski definition) is 0. The maximum absolute atomic E-state index is 13.2. The normalized spacial score (nSPS) is 11.4. The first-order valence-electron chi connectivity index (χ1n) is 8.27. The fraction of sp³-hybridized carbons (Fsp3) is 0.0556. The Labute approximate surface area is 167 Å². The van der Waals surface area contributed by atoms with Crippen LogP contribution >= 0.6 is 22.9 Å². The van der Waals surface area contributed by atoms with Gasteiger partial charge in [-0.3, -0.25) is 0 Å². The highest BCUT2D eigenvalue weighted by Crippen LogP contribution is 2.29. The average Bonchev–Trinajstić information content (AvgIpc) is 3.38. The van der Waals surface area contributed by atoms with Crippen molar-refractivity contribution in [1.82, 2.24) is 34.8 Å². The molecule has 0 bridgehead atoms. The van der Waals surface area contributed by atoms with Gasteiger partial charge in [-0.05, 0) is 55.5 Å². The second-order valence-corrected chi connectivity index (χ2v) is 7.44. The summed E-state index contributed by atoms with van der Waals surface area (Å²) in [6.07, 6.45) is 0. The zero-order valence-corrected chi connectivity index (χ0v) is 16.0. The Kier molecular flexibility index (Phi) is 3.92. The number of benzene rings is 2. The van der Waals surface area contributed by atoms with Crippen LogP contribution < -0.4 is 0 Å². The molecule has 0 unspecified atom stereocenters. The van der Waals surface area contributed by atoms with Gasteiger partial charge in [0.25, 0.3) is 0 Å². The molecule has 0 saturated carbocycles. The largest absolute Gasteiger partial charge is 0.235 e. The molecule has 0 fully saturated rings. The molecule has 28 heavy (non-hydrogen) atoms. The first kappa shape index (κ1) is 17.0. The van der Waals surface area contributed by atoms with Crippen LogP contribution in [0.25, 0.3) is 32.7 Å². The third kappa shape index (κ3) is 2.76. The monoisotopic (exact) mass is 411 g/mol. The van der Waals surface area contributed by atoms with Crippen LogP contribution in [-0.4, -0.2) is 34.8 Å². The summed E-state index contributed by atoms with van der Waals surface area (Å²) < 4.78 is 16.5. The van der Waals surface area contributed by atoms with Crippen molar-refractivity contribution in [2.75, 3.05) is 0 Å². The Balaban J connectivity index is 1.58. The van der Waals surface area contributed by atoms with Crippen molar-refractivity contribution >= 4 is 27.9 Å². The Morgan fingerprint density at radius 1 is 0.964 bits per heavy atom. The highest BCUT2D eigenvalue weighted by atomic mass is 35.5. The fourth-order valence-corrected chi connectivity index (χ4v) is 3.81. The SMILES string of the molecule is Cc1c(-c2nnc3sc(-c4ccc(F)cc4)nn23)nnn1-c1ccc(Cl)cc1. The summed E-state index contributed by atoms with van der Waals surface area (Å²) in [4.78, 5) is 0.620. The quantitative estimate of drug-likeness (QED) is 0.445. The van der Waals surface area contributed by atoms with E-state index in [1.807, 2.05) is 19.1 Å². The highest BCUT2D eigenvalue weighted by Gasteiger charge is 2.20. The van der Waals surface area contributed by atoms with Crippen molar-refractivity contribution in [3.05, 3.63) is 65.1 Å². The van der Waals surface area contributed by atoms with Crippen molar-refractivity contribution in [1.29, 1.82) is 0 Å². The van der Waals surface area contributed by atoms with Crippen LogP contribution in [-0.2, 0) is 0 Å². The van der Waals surface area contributed by atoms with E-state index < -0.39 is 0 Å². The fourth-order valence-electron chi connectivity index (χ4n) is 2.84. The zero-order valence-electron chi connectivity index (χ0n) is 14.4. The van der Waals surface area contributed by atoms with Crippen molar-refractivity contribution < 1.29 is 4.39 Å². The third-order valence-electron chi connectivity index (χ3n) is 4.26. The minimum atomic E-state index is -0.290. The number of rotatable bonds is 3. The summed E-state index contributed by atoms with van der Waals surface area (Å²) in [5, 5.41) is 22.9. The number of halogens is 2. The maximum atomic E-state index is 13.2. The Bertz CT molecular complexity index is 1290. The molecular formula is C18H11ClFN7S. The van der Waals surface area contributed by atoms with E-state index in [-0.39, 0.29) is 5.82 Å². The van der Waals surface area contributed by atoms with Gasteiger partial charge in [0.05, 0.1) is 11.4 Å². The molecule has 138 valence electrons. The van der Waals surface area contributed by atoms with Gasteiger partial charge in [0, 0.05) is 10.6 Å². The van der Waals surface area contributed by atoms with Gasteiger partial charge < -0.3 is 0 Å². The van der Waals surface area contributed by atoms with Crippen molar-refractivity contribution in [2.45, 2.75) is 6.92 Å². The van der Waals surface area contributed by atoms with E-state index in [1.165, 1.54) is 23.5 Å². The lowest BCUT2D eigenvalue weighted by molar-refractivity contribution is 0.628. The van der Waals surface area contributed by atoms with Crippen LogP contribution in [0.3, 0.4) is 0 Å². The summed E-state index contributed by atoms with van der Waals surface area (Å²) in [6, 6.07) is 13.5. The third-order valence-corrected chi connectivity index (χ3v) is 5.46. The van der Waals surface area contributed by atoms with Gasteiger partial charge in [0.1, 0.15) is 10.8 Å². The van der Waals surface area contributed by atoms with Crippen LogP contribution in [0.4, 0.5) is 4.39 Å². The molecule has 0 aliphatic rings. The maximum Gasteiger partial charge on any atom is 0.235 e. The molecule has 5 aromatic rings. The zero-order chi connectivity index (χ0) is 19.3. The Hall–Kier alpha value is -3.17. The molecule has 5 rings (SSSR count). The second-order valence-electron chi connectivity index (χ2n) is 6.04. The van der Waals surface area contributed by atoms with Gasteiger partial charge >= 0.3 is 0 Å². The summed E-state index contributed by atoms with van der Waals surface area (Å²) in [7, 11) is 0. The number of hydrogen-bond acceptors (Lipinski definition) is 6. The van der Waals surface area contributed by atoms with Crippen LogP contribution in [0.5, 0.6) is 0 Å². The first-order valence-corrected chi connectivity index (χ1v) is 9.46. The van der Waals surface area contributed by atoms with Gasteiger partial charge in [0.15, 0.2) is 5.69 Å². The molecule has 3 heterocycles. The molecule has 0 aliphatic carbocycles. The van der Waals surface area contributed by atoms with Crippen LogP contribution in [0.15, 0.2) is 48.5 Å². The molecule has 0 aliphatic heterocycles. The smallest absolute Gasteiger partial charge is 0.217 e. The highest BCUT2D eigenvalue weighted by molar-refractivity contribution is 7.19. The Morgan fingerprint density at radius 3 is 2.46 bits per heavy atom. The van der Waals surface area contributed by atoms with E-state index in [2.05, 4.69) is 25.6 Å². The molecule has 0 N–H and O–H groups in total. The second kappa shape index (κ2) is 6.47. The van der Waals surface area contributed by atoms with Gasteiger partial charge in [-0.25, -0.2) is 9.07 Å². The molecular weight excluding hydrogens is 401 g/mol. The van der Waals surface area contributed by atoms with Gasteiger partial charge in [0.2, 0.25) is 10.8 Å². The molecule has 0 saturated heterocycles. The predicted octanol–water partition coefficient (Wildman–Crippen LogP) is 4.20. The summed E-state index contributed by atoms with van der Waals surface area (Å²) in [6.45, 7) is 1.90. The molecule has 7 nitrogen and oxygen atoms in total. The lowest BCUT2D eigenvalue weighted by Gasteiger charge is -2.03. The number of aromatic nitrogens is 7. The van der Waals surface area contributed by atoms with Crippen molar-refractivity contribution in [3.63, 3.8) is 0 Å². The molecule has 0 amide bonds. The molecule has 0 spiro atoms. The minimum absolute atomic E-state index is 0.290. The van der Waals surface area contributed by atoms with E-state index in [9.17, 15) is 4.39 Å². The van der Waals surface area contributed by atoms with E-state index in [0.29, 0.717) is 26.5 Å².